The van der Waals surface area contributed by atoms with Crippen LogP contribution < -0.4 is 5.32 Å². The van der Waals surface area contributed by atoms with Gasteiger partial charge < -0.3 is 9.88 Å². The van der Waals surface area contributed by atoms with Gasteiger partial charge in [-0.25, -0.2) is 0 Å². The van der Waals surface area contributed by atoms with E-state index in [0.29, 0.717) is 6.54 Å². The number of aromatic nitrogens is 1. The van der Waals surface area contributed by atoms with Crippen LogP contribution in [0.2, 0.25) is 0 Å². The minimum atomic E-state index is -4.28. The Morgan fingerprint density at radius 1 is 1.15 bits per heavy atom. The standard InChI is InChI=1S/C15H17F3N2/c1-11(19-2)14-4-3-9-20(14)10-12-5-7-13(8-6-12)15(16,17)18/h3-9,11,19H,10H2,1-2H3. The largest absolute Gasteiger partial charge is 0.416 e. The molecule has 1 aromatic heterocycles. The smallest absolute Gasteiger partial charge is 0.346 e. The van der Waals surface area contributed by atoms with Crippen LogP contribution in [0.25, 0.3) is 0 Å². The molecule has 1 atom stereocenters. The van der Waals surface area contributed by atoms with E-state index < -0.39 is 11.7 Å². The van der Waals surface area contributed by atoms with Crippen molar-refractivity contribution in [1.29, 1.82) is 0 Å². The van der Waals surface area contributed by atoms with Crippen LogP contribution in [0.3, 0.4) is 0 Å². The number of rotatable bonds is 4. The number of nitrogens with one attached hydrogen (secondary N) is 1. The number of hydrogen-bond acceptors (Lipinski definition) is 1. The molecule has 0 aliphatic heterocycles. The summed E-state index contributed by atoms with van der Waals surface area (Å²) in [5.41, 5.74) is 1.34. The predicted octanol–water partition coefficient (Wildman–Crippen LogP) is 3.84. The number of alkyl halides is 3. The maximum atomic E-state index is 12.5. The first-order valence-electron chi connectivity index (χ1n) is 6.40. The molecule has 108 valence electrons. The molecule has 1 N–H and O–H groups in total. The van der Waals surface area contributed by atoms with E-state index in [-0.39, 0.29) is 6.04 Å². The lowest BCUT2D eigenvalue weighted by Gasteiger charge is -2.15. The summed E-state index contributed by atoms with van der Waals surface area (Å²) in [5, 5.41) is 3.15. The quantitative estimate of drug-likeness (QED) is 0.901. The van der Waals surface area contributed by atoms with Crippen LogP contribution in [0, 0.1) is 0 Å². The van der Waals surface area contributed by atoms with Crippen molar-refractivity contribution >= 4 is 0 Å². The normalized spacial score (nSPS) is 13.4. The lowest BCUT2D eigenvalue weighted by molar-refractivity contribution is -0.137. The molecule has 0 saturated heterocycles. The average molecular weight is 282 g/mol. The van der Waals surface area contributed by atoms with Crippen LogP contribution in [-0.2, 0) is 12.7 Å². The van der Waals surface area contributed by atoms with E-state index in [4.69, 9.17) is 0 Å². The van der Waals surface area contributed by atoms with Crippen molar-refractivity contribution in [3.8, 4) is 0 Å². The van der Waals surface area contributed by atoms with E-state index in [0.717, 1.165) is 23.4 Å². The SMILES string of the molecule is CNC(C)c1cccn1Cc1ccc(C(F)(F)F)cc1. The molecular formula is C15H17F3N2. The van der Waals surface area contributed by atoms with Crippen LogP contribution in [0.1, 0.15) is 29.8 Å². The first-order valence-corrected chi connectivity index (χ1v) is 6.40. The molecule has 1 unspecified atom stereocenters. The molecule has 0 aliphatic carbocycles. The minimum Gasteiger partial charge on any atom is -0.346 e. The number of nitrogens with zero attached hydrogens (tertiary/aromatic N) is 1. The Morgan fingerprint density at radius 2 is 1.80 bits per heavy atom. The van der Waals surface area contributed by atoms with Gasteiger partial charge in [0.15, 0.2) is 0 Å². The van der Waals surface area contributed by atoms with Crippen molar-refractivity contribution in [3.63, 3.8) is 0 Å². The Bertz CT molecular complexity index is 555. The van der Waals surface area contributed by atoms with E-state index in [2.05, 4.69) is 5.32 Å². The molecule has 2 nitrogen and oxygen atoms in total. The second-order valence-corrected chi connectivity index (χ2v) is 4.77. The van der Waals surface area contributed by atoms with E-state index in [1.165, 1.54) is 12.1 Å². The maximum Gasteiger partial charge on any atom is 0.416 e. The minimum absolute atomic E-state index is 0.194. The molecule has 20 heavy (non-hydrogen) atoms. The third kappa shape index (κ3) is 3.22. The van der Waals surface area contributed by atoms with Gasteiger partial charge in [0, 0.05) is 24.5 Å². The van der Waals surface area contributed by atoms with E-state index in [1.807, 2.05) is 36.9 Å². The second-order valence-electron chi connectivity index (χ2n) is 4.77. The fourth-order valence-electron chi connectivity index (χ4n) is 2.11. The highest BCUT2D eigenvalue weighted by Crippen LogP contribution is 2.29. The van der Waals surface area contributed by atoms with E-state index in [1.54, 1.807) is 0 Å². The molecule has 0 amide bonds. The van der Waals surface area contributed by atoms with Crippen molar-refractivity contribution in [3.05, 3.63) is 59.4 Å². The van der Waals surface area contributed by atoms with E-state index in [9.17, 15) is 13.2 Å². The van der Waals surface area contributed by atoms with Crippen molar-refractivity contribution in [1.82, 2.24) is 9.88 Å². The zero-order valence-corrected chi connectivity index (χ0v) is 11.4. The van der Waals surface area contributed by atoms with Gasteiger partial charge >= 0.3 is 6.18 Å². The molecule has 2 rings (SSSR count). The van der Waals surface area contributed by atoms with Gasteiger partial charge in [-0.15, -0.1) is 0 Å². The Balaban J connectivity index is 2.17. The van der Waals surface area contributed by atoms with Crippen LogP contribution >= 0.6 is 0 Å². The Hall–Kier alpha value is -1.75. The summed E-state index contributed by atoms with van der Waals surface area (Å²) in [6, 6.07) is 9.44. The number of halogens is 3. The zero-order chi connectivity index (χ0) is 14.8. The highest BCUT2D eigenvalue weighted by atomic mass is 19.4. The summed E-state index contributed by atoms with van der Waals surface area (Å²) in [4.78, 5) is 0. The van der Waals surface area contributed by atoms with Crippen LogP contribution in [0.15, 0.2) is 42.6 Å². The Morgan fingerprint density at radius 3 is 2.35 bits per heavy atom. The van der Waals surface area contributed by atoms with Gasteiger partial charge in [-0.2, -0.15) is 13.2 Å². The monoisotopic (exact) mass is 282 g/mol. The maximum absolute atomic E-state index is 12.5. The number of benzene rings is 1. The van der Waals surface area contributed by atoms with Crippen molar-refractivity contribution in [2.24, 2.45) is 0 Å². The van der Waals surface area contributed by atoms with Crippen LogP contribution in [0.5, 0.6) is 0 Å². The van der Waals surface area contributed by atoms with Crippen molar-refractivity contribution < 1.29 is 13.2 Å². The van der Waals surface area contributed by atoms with Gasteiger partial charge in [-0.3, -0.25) is 0 Å². The van der Waals surface area contributed by atoms with Gasteiger partial charge in [-0.1, -0.05) is 12.1 Å². The number of hydrogen-bond donors (Lipinski definition) is 1. The lowest BCUT2D eigenvalue weighted by atomic mass is 10.1. The molecule has 0 fully saturated rings. The Labute approximate surface area is 116 Å². The van der Waals surface area contributed by atoms with E-state index >= 15 is 0 Å². The zero-order valence-electron chi connectivity index (χ0n) is 11.4. The highest BCUT2D eigenvalue weighted by molar-refractivity contribution is 5.25. The predicted molar refractivity (Wildman–Crippen MR) is 72.5 cm³/mol. The molecular weight excluding hydrogens is 265 g/mol. The fourth-order valence-corrected chi connectivity index (χ4v) is 2.11. The first-order chi connectivity index (χ1) is 9.41. The Kier molecular flexibility index (Phi) is 4.18. The fraction of sp³-hybridized carbons (Fsp3) is 0.333. The molecule has 0 aliphatic rings. The third-order valence-corrected chi connectivity index (χ3v) is 3.38. The lowest BCUT2D eigenvalue weighted by Crippen LogP contribution is -2.17. The molecule has 0 bridgehead atoms. The molecule has 0 saturated carbocycles. The second kappa shape index (κ2) is 5.71. The van der Waals surface area contributed by atoms with Gasteiger partial charge in [0.1, 0.15) is 0 Å². The van der Waals surface area contributed by atoms with Crippen molar-refractivity contribution in [2.45, 2.75) is 25.7 Å². The molecule has 1 aromatic carbocycles. The summed E-state index contributed by atoms with van der Waals surface area (Å²) >= 11 is 0. The molecule has 5 heteroatoms. The summed E-state index contributed by atoms with van der Waals surface area (Å²) < 4.78 is 39.5. The van der Waals surface area contributed by atoms with Gasteiger partial charge in [-0.05, 0) is 43.8 Å². The first kappa shape index (κ1) is 14.7. The summed E-state index contributed by atoms with van der Waals surface area (Å²) in [6.07, 6.45) is -2.35. The van der Waals surface area contributed by atoms with Crippen LogP contribution in [0.4, 0.5) is 13.2 Å². The van der Waals surface area contributed by atoms with Gasteiger partial charge in [0.05, 0.1) is 5.56 Å². The molecule has 2 aromatic rings. The summed E-state index contributed by atoms with van der Waals surface area (Å²) in [5.74, 6) is 0. The highest BCUT2D eigenvalue weighted by Gasteiger charge is 2.29. The summed E-state index contributed by atoms with van der Waals surface area (Å²) in [7, 11) is 1.88. The van der Waals surface area contributed by atoms with Crippen LogP contribution in [-0.4, -0.2) is 11.6 Å². The average Bonchev–Trinajstić information content (AvgIpc) is 2.85. The topological polar surface area (TPSA) is 17.0 Å². The van der Waals surface area contributed by atoms with Crippen molar-refractivity contribution in [2.75, 3.05) is 7.05 Å². The van der Waals surface area contributed by atoms with Gasteiger partial charge in [0.25, 0.3) is 0 Å². The summed E-state index contributed by atoms with van der Waals surface area (Å²) in [6.45, 7) is 2.60. The molecule has 1 heterocycles. The van der Waals surface area contributed by atoms with Gasteiger partial charge in [0.2, 0.25) is 0 Å². The molecule has 0 spiro atoms. The third-order valence-electron chi connectivity index (χ3n) is 3.38. The molecule has 0 radical (unpaired) electrons.